The molecular formula is C17H16FNO2. The number of rotatable bonds is 3. The molecule has 2 aromatic rings. The van der Waals surface area contributed by atoms with Crippen molar-refractivity contribution < 1.29 is 14.3 Å². The van der Waals surface area contributed by atoms with E-state index in [-0.39, 0.29) is 5.56 Å². The van der Waals surface area contributed by atoms with Gasteiger partial charge in [-0.3, -0.25) is 0 Å². The first-order valence-corrected chi connectivity index (χ1v) is 6.92. The molecule has 0 spiro atoms. The highest BCUT2D eigenvalue weighted by Gasteiger charge is 2.25. The Balaban J connectivity index is 1.91. The highest BCUT2D eigenvalue weighted by atomic mass is 19.1. The number of benzene rings is 2. The average molecular weight is 285 g/mol. The number of hydrogen-bond acceptors (Lipinski definition) is 2. The standard InChI is InChI=1S/C17H16FNO2/c1-11-8-13-4-2-3-5-16(13)19(11)10-12-6-7-15(18)14(9-12)17(20)21/h2-7,9,11H,8,10H2,1H3,(H,20,21). The molecule has 0 fully saturated rings. The lowest BCUT2D eigenvalue weighted by molar-refractivity contribution is 0.0691. The summed E-state index contributed by atoms with van der Waals surface area (Å²) in [6, 6.07) is 12.8. The van der Waals surface area contributed by atoms with E-state index in [1.807, 2.05) is 12.1 Å². The Kier molecular flexibility index (Phi) is 3.37. The van der Waals surface area contributed by atoms with Crippen molar-refractivity contribution in [1.29, 1.82) is 0 Å². The molecule has 1 aliphatic heterocycles. The van der Waals surface area contributed by atoms with Crippen LogP contribution >= 0.6 is 0 Å². The van der Waals surface area contributed by atoms with E-state index in [4.69, 9.17) is 5.11 Å². The zero-order valence-corrected chi connectivity index (χ0v) is 11.7. The molecule has 0 saturated carbocycles. The van der Waals surface area contributed by atoms with Crippen molar-refractivity contribution in [2.75, 3.05) is 4.90 Å². The highest BCUT2D eigenvalue weighted by Crippen LogP contribution is 2.33. The Morgan fingerprint density at radius 3 is 2.86 bits per heavy atom. The summed E-state index contributed by atoms with van der Waals surface area (Å²) in [6.07, 6.45) is 0.975. The minimum absolute atomic E-state index is 0.271. The van der Waals surface area contributed by atoms with Crippen LogP contribution in [0.2, 0.25) is 0 Å². The fourth-order valence-electron chi connectivity index (χ4n) is 2.90. The van der Waals surface area contributed by atoms with E-state index in [9.17, 15) is 9.18 Å². The molecule has 3 nitrogen and oxygen atoms in total. The van der Waals surface area contributed by atoms with Crippen LogP contribution < -0.4 is 4.90 Å². The van der Waals surface area contributed by atoms with Crippen LogP contribution in [0.15, 0.2) is 42.5 Å². The first-order valence-electron chi connectivity index (χ1n) is 6.92. The molecule has 0 radical (unpaired) electrons. The molecule has 0 aromatic heterocycles. The molecule has 0 amide bonds. The van der Waals surface area contributed by atoms with Gasteiger partial charge >= 0.3 is 5.97 Å². The Bertz CT molecular complexity index is 699. The van der Waals surface area contributed by atoms with Gasteiger partial charge in [0.1, 0.15) is 5.82 Å². The highest BCUT2D eigenvalue weighted by molar-refractivity contribution is 5.88. The SMILES string of the molecule is CC1Cc2ccccc2N1Cc1ccc(F)c(C(=O)O)c1. The zero-order valence-electron chi connectivity index (χ0n) is 11.7. The van der Waals surface area contributed by atoms with Crippen LogP contribution in [0.25, 0.3) is 0 Å². The molecule has 1 unspecified atom stereocenters. The molecule has 4 heteroatoms. The Hall–Kier alpha value is -2.36. The average Bonchev–Trinajstić information content (AvgIpc) is 2.77. The zero-order chi connectivity index (χ0) is 15.0. The number of carboxylic acids is 1. The van der Waals surface area contributed by atoms with Crippen molar-refractivity contribution >= 4 is 11.7 Å². The van der Waals surface area contributed by atoms with Crippen LogP contribution in [0.3, 0.4) is 0 Å². The van der Waals surface area contributed by atoms with E-state index >= 15 is 0 Å². The van der Waals surface area contributed by atoms with Crippen LogP contribution in [-0.2, 0) is 13.0 Å². The second kappa shape index (κ2) is 5.20. The van der Waals surface area contributed by atoms with E-state index in [0.717, 1.165) is 12.0 Å². The molecule has 1 aliphatic rings. The topological polar surface area (TPSA) is 40.5 Å². The summed E-state index contributed by atoms with van der Waals surface area (Å²) in [5.41, 5.74) is 3.00. The summed E-state index contributed by atoms with van der Waals surface area (Å²) in [5.74, 6) is -1.93. The Morgan fingerprint density at radius 2 is 2.10 bits per heavy atom. The number of hydrogen-bond donors (Lipinski definition) is 1. The van der Waals surface area contributed by atoms with Gasteiger partial charge in [0.25, 0.3) is 0 Å². The van der Waals surface area contributed by atoms with E-state index in [1.165, 1.54) is 23.4 Å². The maximum absolute atomic E-state index is 13.5. The van der Waals surface area contributed by atoms with E-state index in [0.29, 0.717) is 12.6 Å². The lowest BCUT2D eigenvalue weighted by Gasteiger charge is -2.25. The molecule has 2 aromatic carbocycles. The number of nitrogens with zero attached hydrogens (tertiary/aromatic N) is 1. The first-order chi connectivity index (χ1) is 10.1. The third-order valence-electron chi connectivity index (χ3n) is 3.96. The summed E-state index contributed by atoms with van der Waals surface area (Å²) in [7, 11) is 0. The molecule has 21 heavy (non-hydrogen) atoms. The minimum Gasteiger partial charge on any atom is -0.478 e. The predicted molar refractivity (Wildman–Crippen MR) is 79.2 cm³/mol. The van der Waals surface area contributed by atoms with Gasteiger partial charge in [-0.2, -0.15) is 0 Å². The molecule has 1 atom stereocenters. The summed E-state index contributed by atoms with van der Waals surface area (Å²) >= 11 is 0. The van der Waals surface area contributed by atoms with Crippen molar-refractivity contribution in [1.82, 2.24) is 0 Å². The van der Waals surface area contributed by atoms with Gasteiger partial charge in [0, 0.05) is 18.3 Å². The van der Waals surface area contributed by atoms with Gasteiger partial charge in [-0.25, -0.2) is 9.18 Å². The van der Waals surface area contributed by atoms with Crippen molar-refractivity contribution in [3.05, 3.63) is 65.0 Å². The van der Waals surface area contributed by atoms with Crippen LogP contribution in [0.5, 0.6) is 0 Å². The van der Waals surface area contributed by atoms with E-state index < -0.39 is 11.8 Å². The fraction of sp³-hybridized carbons (Fsp3) is 0.235. The van der Waals surface area contributed by atoms with Crippen molar-refractivity contribution in [3.63, 3.8) is 0 Å². The van der Waals surface area contributed by atoms with Crippen molar-refractivity contribution in [2.45, 2.75) is 25.9 Å². The molecule has 3 rings (SSSR count). The first kappa shape index (κ1) is 13.6. The summed E-state index contributed by atoms with van der Waals surface area (Å²) < 4.78 is 13.5. The number of aromatic carboxylic acids is 1. The second-order valence-corrected chi connectivity index (χ2v) is 5.43. The number of carboxylic acid groups (broad SMARTS) is 1. The summed E-state index contributed by atoms with van der Waals surface area (Å²) in [6.45, 7) is 2.72. The molecule has 108 valence electrons. The maximum Gasteiger partial charge on any atom is 0.338 e. The van der Waals surface area contributed by atoms with Gasteiger partial charge in [-0.15, -0.1) is 0 Å². The summed E-state index contributed by atoms with van der Waals surface area (Å²) in [5, 5.41) is 9.01. The van der Waals surface area contributed by atoms with Gasteiger partial charge in [0.2, 0.25) is 0 Å². The fourth-order valence-corrected chi connectivity index (χ4v) is 2.90. The smallest absolute Gasteiger partial charge is 0.338 e. The molecule has 1 heterocycles. The monoisotopic (exact) mass is 285 g/mol. The number of halogens is 1. The molecule has 0 bridgehead atoms. The third-order valence-corrected chi connectivity index (χ3v) is 3.96. The van der Waals surface area contributed by atoms with Crippen molar-refractivity contribution in [3.8, 4) is 0 Å². The van der Waals surface area contributed by atoms with E-state index in [2.05, 4.69) is 24.0 Å². The molecule has 1 N–H and O–H groups in total. The van der Waals surface area contributed by atoms with Gasteiger partial charge < -0.3 is 10.0 Å². The normalized spacial score (nSPS) is 16.9. The minimum atomic E-state index is -1.23. The Labute approximate surface area is 122 Å². The number of anilines is 1. The van der Waals surface area contributed by atoms with Gasteiger partial charge in [-0.05, 0) is 42.7 Å². The van der Waals surface area contributed by atoms with Gasteiger partial charge in [0.05, 0.1) is 5.56 Å². The molecule has 0 aliphatic carbocycles. The Morgan fingerprint density at radius 1 is 1.33 bits per heavy atom. The van der Waals surface area contributed by atoms with Crippen LogP contribution in [0.4, 0.5) is 10.1 Å². The van der Waals surface area contributed by atoms with Crippen molar-refractivity contribution in [2.24, 2.45) is 0 Å². The number of fused-ring (bicyclic) bond motifs is 1. The largest absolute Gasteiger partial charge is 0.478 e. The third kappa shape index (κ3) is 2.49. The van der Waals surface area contributed by atoms with Crippen LogP contribution in [-0.4, -0.2) is 17.1 Å². The van der Waals surface area contributed by atoms with Crippen LogP contribution in [0, 0.1) is 5.82 Å². The number of carbonyl (C=O) groups is 1. The van der Waals surface area contributed by atoms with Gasteiger partial charge in [-0.1, -0.05) is 24.3 Å². The van der Waals surface area contributed by atoms with E-state index in [1.54, 1.807) is 6.07 Å². The quantitative estimate of drug-likeness (QED) is 0.938. The lowest BCUT2D eigenvalue weighted by Crippen LogP contribution is -2.28. The van der Waals surface area contributed by atoms with Crippen LogP contribution in [0.1, 0.15) is 28.4 Å². The predicted octanol–water partition coefficient (Wildman–Crippen LogP) is 3.48. The number of para-hydroxylation sites is 1. The summed E-state index contributed by atoms with van der Waals surface area (Å²) in [4.78, 5) is 13.3. The molecular weight excluding hydrogens is 269 g/mol. The lowest BCUT2D eigenvalue weighted by atomic mass is 10.1. The van der Waals surface area contributed by atoms with Gasteiger partial charge in [0.15, 0.2) is 0 Å². The maximum atomic E-state index is 13.5. The molecule has 0 saturated heterocycles. The second-order valence-electron chi connectivity index (χ2n) is 5.43.